The van der Waals surface area contributed by atoms with E-state index in [1.165, 1.54) is 5.56 Å². The number of ketones is 1. The minimum Gasteiger partial charge on any atom is -0.292 e. The first-order valence-electron chi connectivity index (χ1n) is 6.25. The number of hydrogen-bond acceptors (Lipinski definition) is 2. The van der Waals surface area contributed by atoms with Gasteiger partial charge in [-0.15, -0.1) is 0 Å². The normalized spacial score (nSPS) is 25.1. The Balaban J connectivity index is 1.81. The molecular weight excluding hydrogens is 258 g/mol. The Kier molecular flexibility index (Phi) is 3.13. The summed E-state index contributed by atoms with van der Waals surface area (Å²) < 4.78 is 0. The Morgan fingerprint density at radius 3 is 2.32 bits per heavy atom. The fourth-order valence-corrected chi connectivity index (χ4v) is 2.65. The minimum absolute atomic E-state index is 0.0522. The summed E-state index contributed by atoms with van der Waals surface area (Å²) in [6, 6.07) is 17.4. The molecule has 3 heteroatoms. The molecule has 1 fully saturated rings. The van der Waals surface area contributed by atoms with Gasteiger partial charge in [0.05, 0.1) is 12.1 Å². The van der Waals surface area contributed by atoms with Gasteiger partial charge in [0.25, 0.3) is 0 Å². The summed E-state index contributed by atoms with van der Waals surface area (Å²) in [6.45, 7) is 0. The third kappa shape index (κ3) is 2.29. The Labute approximate surface area is 117 Å². The van der Waals surface area contributed by atoms with Crippen LogP contribution in [0.15, 0.2) is 54.6 Å². The van der Waals surface area contributed by atoms with Crippen molar-refractivity contribution in [2.24, 2.45) is 0 Å². The first-order valence-corrected chi connectivity index (χ1v) is 6.63. The molecule has 2 aromatic carbocycles. The highest BCUT2D eigenvalue weighted by Crippen LogP contribution is 2.42. The van der Waals surface area contributed by atoms with E-state index in [0.29, 0.717) is 5.02 Å². The molecule has 2 nitrogen and oxygen atoms in total. The highest BCUT2D eigenvalue weighted by molar-refractivity contribution is 6.30. The molecule has 3 rings (SSSR count). The molecule has 0 amide bonds. The molecule has 0 saturated carbocycles. The maximum atomic E-state index is 12.4. The fraction of sp³-hybridized carbons (Fsp3) is 0.188. The SMILES string of the molecule is CN1[C@H](C(=O)c2ccc(Cl)cc2)[C@@H]1c1ccccc1. The summed E-state index contributed by atoms with van der Waals surface area (Å²) in [5.41, 5.74) is 1.91. The van der Waals surface area contributed by atoms with Gasteiger partial charge in [-0.3, -0.25) is 9.69 Å². The first kappa shape index (κ1) is 12.4. The van der Waals surface area contributed by atoms with Gasteiger partial charge in [-0.05, 0) is 36.9 Å². The highest BCUT2D eigenvalue weighted by Gasteiger charge is 2.50. The summed E-state index contributed by atoms with van der Waals surface area (Å²) in [5, 5.41) is 0.653. The molecule has 0 aromatic heterocycles. The second-order valence-corrected chi connectivity index (χ2v) is 5.27. The van der Waals surface area contributed by atoms with E-state index in [1.54, 1.807) is 24.3 Å². The molecule has 0 N–H and O–H groups in total. The lowest BCUT2D eigenvalue weighted by Crippen LogP contribution is -2.11. The molecule has 96 valence electrons. The number of likely N-dealkylation sites (N-methyl/N-ethyl adjacent to an activating group) is 1. The van der Waals surface area contributed by atoms with Crippen molar-refractivity contribution in [3.8, 4) is 0 Å². The zero-order chi connectivity index (χ0) is 13.4. The lowest BCUT2D eigenvalue weighted by Gasteiger charge is -1.99. The predicted octanol–water partition coefficient (Wildman–Crippen LogP) is 3.58. The van der Waals surface area contributed by atoms with E-state index >= 15 is 0 Å². The third-order valence-electron chi connectivity index (χ3n) is 3.63. The first-order chi connectivity index (χ1) is 9.18. The Morgan fingerprint density at radius 1 is 1.05 bits per heavy atom. The number of rotatable bonds is 3. The summed E-state index contributed by atoms with van der Waals surface area (Å²) in [7, 11) is 1.98. The molecule has 3 atom stereocenters. The van der Waals surface area contributed by atoms with Crippen molar-refractivity contribution in [1.82, 2.24) is 4.90 Å². The predicted molar refractivity (Wildman–Crippen MR) is 76.5 cm³/mol. The van der Waals surface area contributed by atoms with Crippen molar-refractivity contribution < 1.29 is 4.79 Å². The van der Waals surface area contributed by atoms with Gasteiger partial charge in [0.1, 0.15) is 0 Å². The molecular formula is C16H14ClNO. The average molecular weight is 272 g/mol. The zero-order valence-corrected chi connectivity index (χ0v) is 11.3. The van der Waals surface area contributed by atoms with Gasteiger partial charge >= 0.3 is 0 Å². The molecule has 0 radical (unpaired) electrons. The maximum Gasteiger partial charge on any atom is 0.181 e. The lowest BCUT2D eigenvalue weighted by atomic mass is 10.0. The van der Waals surface area contributed by atoms with Crippen LogP contribution in [0.2, 0.25) is 5.02 Å². The minimum atomic E-state index is -0.0522. The van der Waals surface area contributed by atoms with Crippen molar-refractivity contribution in [2.45, 2.75) is 12.1 Å². The van der Waals surface area contributed by atoms with Crippen LogP contribution in [0.25, 0.3) is 0 Å². The van der Waals surface area contributed by atoms with Gasteiger partial charge in [-0.1, -0.05) is 41.9 Å². The van der Waals surface area contributed by atoms with Gasteiger partial charge in [0.2, 0.25) is 0 Å². The zero-order valence-electron chi connectivity index (χ0n) is 10.6. The van der Waals surface area contributed by atoms with Crippen molar-refractivity contribution in [2.75, 3.05) is 7.05 Å². The van der Waals surface area contributed by atoms with E-state index < -0.39 is 0 Å². The summed E-state index contributed by atoms with van der Waals surface area (Å²) in [6.07, 6.45) is 0. The monoisotopic (exact) mass is 271 g/mol. The van der Waals surface area contributed by atoms with E-state index in [0.717, 1.165) is 5.56 Å². The van der Waals surface area contributed by atoms with E-state index in [2.05, 4.69) is 17.0 Å². The van der Waals surface area contributed by atoms with Crippen LogP contribution >= 0.6 is 11.6 Å². The third-order valence-corrected chi connectivity index (χ3v) is 3.88. The lowest BCUT2D eigenvalue weighted by molar-refractivity contribution is 0.0977. The molecule has 0 aliphatic carbocycles. The smallest absolute Gasteiger partial charge is 0.181 e. The van der Waals surface area contributed by atoms with Crippen molar-refractivity contribution in [1.29, 1.82) is 0 Å². The number of Topliss-reactive ketones (excluding diaryl/α,β-unsaturated/α-hetero) is 1. The number of nitrogens with zero attached hydrogens (tertiary/aromatic N) is 1. The van der Waals surface area contributed by atoms with Gasteiger partial charge < -0.3 is 0 Å². The van der Waals surface area contributed by atoms with E-state index in [9.17, 15) is 4.79 Å². The van der Waals surface area contributed by atoms with Crippen LogP contribution in [0.1, 0.15) is 22.0 Å². The van der Waals surface area contributed by atoms with Crippen molar-refractivity contribution in [3.05, 3.63) is 70.7 Å². The Morgan fingerprint density at radius 2 is 1.68 bits per heavy atom. The second kappa shape index (κ2) is 4.80. The fourth-order valence-electron chi connectivity index (χ4n) is 2.52. The molecule has 2 aromatic rings. The summed E-state index contributed by atoms with van der Waals surface area (Å²) in [4.78, 5) is 14.5. The Hall–Kier alpha value is -1.64. The van der Waals surface area contributed by atoms with Crippen LogP contribution < -0.4 is 0 Å². The van der Waals surface area contributed by atoms with Gasteiger partial charge in [-0.25, -0.2) is 0 Å². The van der Waals surface area contributed by atoms with Crippen LogP contribution in [0, 0.1) is 0 Å². The number of carbonyl (C=O) groups excluding carboxylic acids is 1. The molecule has 1 unspecified atom stereocenters. The summed E-state index contributed by atoms with van der Waals surface area (Å²) in [5.74, 6) is 0.160. The van der Waals surface area contributed by atoms with Crippen molar-refractivity contribution >= 4 is 17.4 Å². The van der Waals surface area contributed by atoms with Crippen LogP contribution in [0.3, 0.4) is 0 Å². The van der Waals surface area contributed by atoms with Gasteiger partial charge in [0, 0.05) is 10.6 Å². The van der Waals surface area contributed by atoms with Crippen LogP contribution in [0.5, 0.6) is 0 Å². The van der Waals surface area contributed by atoms with Crippen LogP contribution in [0.4, 0.5) is 0 Å². The Bertz CT molecular complexity index is 594. The maximum absolute atomic E-state index is 12.4. The number of carbonyl (C=O) groups is 1. The molecule has 1 aliphatic heterocycles. The van der Waals surface area contributed by atoms with E-state index in [1.807, 2.05) is 25.2 Å². The quantitative estimate of drug-likeness (QED) is 0.628. The molecule has 1 saturated heterocycles. The van der Waals surface area contributed by atoms with Crippen molar-refractivity contribution in [3.63, 3.8) is 0 Å². The second-order valence-electron chi connectivity index (χ2n) is 4.84. The molecule has 0 spiro atoms. The van der Waals surface area contributed by atoms with Gasteiger partial charge in [0.15, 0.2) is 5.78 Å². The average Bonchev–Trinajstić information content (AvgIpc) is 3.11. The van der Waals surface area contributed by atoms with E-state index in [4.69, 9.17) is 11.6 Å². The largest absolute Gasteiger partial charge is 0.292 e. The number of hydrogen-bond donors (Lipinski definition) is 0. The summed E-state index contributed by atoms with van der Waals surface area (Å²) >= 11 is 5.84. The van der Waals surface area contributed by atoms with Gasteiger partial charge in [-0.2, -0.15) is 0 Å². The molecule has 0 bridgehead atoms. The van der Waals surface area contributed by atoms with E-state index in [-0.39, 0.29) is 17.9 Å². The topological polar surface area (TPSA) is 20.1 Å². The molecule has 19 heavy (non-hydrogen) atoms. The number of halogens is 1. The highest BCUT2D eigenvalue weighted by atomic mass is 35.5. The molecule has 1 heterocycles. The van der Waals surface area contributed by atoms with Crippen LogP contribution in [-0.4, -0.2) is 23.8 Å². The standard InChI is InChI=1S/C16H14ClNO/c1-18-14(11-5-3-2-4-6-11)15(18)16(19)12-7-9-13(17)10-8-12/h2-10,14-15H,1H3/t14-,15-,18?/m0/s1. The van der Waals surface area contributed by atoms with Crippen LogP contribution in [-0.2, 0) is 0 Å². The molecule has 1 aliphatic rings. The number of benzene rings is 2.